The minimum atomic E-state index is 0.143. The molecular weight excluding hydrogens is 312 g/mol. The molecule has 25 heavy (non-hydrogen) atoms. The number of anilines is 1. The molecule has 3 aromatic rings. The summed E-state index contributed by atoms with van der Waals surface area (Å²) in [5.41, 5.74) is 5.43. The molecule has 1 atom stereocenters. The Bertz CT molecular complexity index is 958. The lowest BCUT2D eigenvalue weighted by molar-refractivity contribution is -0.118. The normalized spacial score (nSPS) is 16.3. The summed E-state index contributed by atoms with van der Waals surface area (Å²) in [6, 6.07) is 14.3. The second-order valence-corrected chi connectivity index (χ2v) is 6.76. The van der Waals surface area contributed by atoms with Gasteiger partial charge in [0.05, 0.1) is 13.5 Å². The number of rotatable bonds is 3. The number of hydrogen-bond donors (Lipinski definition) is 1. The maximum absolute atomic E-state index is 13.1. The number of ether oxygens (including phenoxy) is 1. The van der Waals surface area contributed by atoms with Crippen LogP contribution < -0.4 is 9.64 Å². The number of hydrogen-bond acceptors (Lipinski definition) is 2. The molecule has 4 rings (SSSR count). The molecule has 0 saturated carbocycles. The van der Waals surface area contributed by atoms with Gasteiger partial charge in [0.25, 0.3) is 0 Å². The van der Waals surface area contributed by atoms with Gasteiger partial charge in [0.1, 0.15) is 5.75 Å². The average Bonchev–Trinajstić information content (AvgIpc) is 3.10. The average molecular weight is 334 g/mol. The van der Waals surface area contributed by atoms with Crippen molar-refractivity contribution in [3.8, 4) is 5.75 Å². The van der Waals surface area contributed by atoms with Crippen LogP contribution in [0.25, 0.3) is 10.9 Å². The van der Waals surface area contributed by atoms with E-state index in [4.69, 9.17) is 4.74 Å². The molecule has 0 bridgehead atoms. The van der Waals surface area contributed by atoms with E-state index in [0.29, 0.717) is 6.42 Å². The Kier molecular flexibility index (Phi) is 3.75. The second-order valence-electron chi connectivity index (χ2n) is 6.76. The highest BCUT2D eigenvalue weighted by atomic mass is 16.5. The van der Waals surface area contributed by atoms with Crippen LogP contribution in [0.1, 0.15) is 23.7 Å². The predicted molar refractivity (Wildman–Crippen MR) is 100 cm³/mol. The standard InChI is InChI=1S/C21H22N2O2/c1-13-10-15-6-4-5-7-20(15)23(13)21(24)12-17-14(2)22-19-9-8-16(25-3)11-18(17)19/h4-9,11,13,22H,10,12H2,1-3H3. The van der Waals surface area contributed by atoms with E-state index in [9.17, 15) is 4.79 Å². The fraction of sp³-hybridized carbons (Fsp3) is 0.286. The first-order valence-electron chi connectivity index (χ1n) is 8.63. The van der Waals surface area contributed by atoms with Crippen molar-refractivity contribution < 1.29 is 9.53 Å². The molecule has 4 heteroatoms. The molecule has 2 aromatic carbocycles. The maximum Gasteiger partial charge on any atom is 0.231 e. The SMILES string of the molecule is COc1ccc2[nH]c(C)c(CC(=O)N3c4ccccc4CC3C)c2c1. The Hall–Kier alpha value is -2.75. The van der Waals surface area contributed by atoms with Crippen molar-refractivity contribution in [2.45, 2.75) is 32.7 Å². The number of methoxy groups -OCH3 is 1. The topological polar surface area (TPSA) is 45.3 Å². The number of amides is 1. The molecule has 1 unspecified atom stereocenters. The number of nitrogens with one attached hydrogen (secondary N) is 1. The largest absolute Gasteiger partial charge is 0.497 e. The van der Waals surface area contributed by atoms with Crippen LogP contribution in [-0.2, 0) is 17.6 Å². The minimum absolute atomic E-state index is 0.143. The quantitative estimate of drug-likeness (QED) is 0.787. The first-order chi connectivity index (χ1) is 12.1. The highest BCUT2D eigenvalue weighted by Crippen LogP contribution is 2.33. The first kappa shape index (κ1) is 15.8. The van der Waals surface area contributed by atoms with Crippen LogP contribution in [0.5, 0.6) is 5.75 Å². The molecule has 2 heterocycles. The number of aromatic amines is 1. The monoisotopic (exact) mass is 334 g/mol. The van der Waals surface area contributed by atoms with Crippen molar-refractivity contribution in [1.29, 1.82) is 0 Å². The fourth-order valence-electron chi connectivity index (χ4n) is 3.90. The number of fused-ring (bicyclic) bond motifs is 2. The number of carbonyl (C=O) groups excluding carboxylic acids is 1. The van der Waals surface area contributed by atoms with E-state index in [1.165, 1.54) is 5.56 Å². The van der Waals surface area contributed by atoms with E-state index in [0.717, 1.165) is 40.0 Å². The van der Waals surface area contributed by atoms with Gasteiger partial charge in [-0.25, -0.2) is 0 Å². The van der Waals surface area contributed by atoms with Crippen molar-refractivity contribution in [3.05, 3.63) is 59.3 Å². The summed E-state index contributed by atoms with van der Waals surface area (Å²) in [5, 5.41) is 1.06. The Balaban J connectivity index is 1.70. The first-order valence-corrected chi connectivity index (χ1v) is 8.63. The van der Waals surface area contributed by atoms with Gasteiger partial charge >= 0.3 is 0 Å². The van der Waals surface area contributed by atoms with E-state index in [1.807, 2.05) is 48.2 Å². The molecule has 0 aliphatic carbocycles. The van der Waals surface area contributed by atoms with Crippen LogP contribution in [0.3, 0.4) is 0 Å². The third kappa shape index (κ3) is 2.58. The van der Waals surface area contributed by atoms with Gasteiger partial charge in [-0.1, -0.05) is 18.2 Å². The molecule has 0 radical (unpaired) electrons. The van der Waals surface area contributed by atoms with Crippen LogP contribution in [0.15, 0.2) is 42.5 Å². The molecule has 1 N–H and O–H groups in total. The number of para-hydroxylation sites is 1. The third-order valence-corrected chi connectivity index (χ3v) is 5.13. The summed E-state index contributed by atoms with van der Waals surface area (Å²) in [6.45, 7) is 4.14. The summed E-state index contributed by atoms with van der Waals surface area (Å²) < 4.78 is 5.35. The number of H-pyrrole nitrogens is 1. The van der Waals surface area contributed by atoms with Gasteiger partial charge in [-0.05, 0) is 55.7 Å². The molecule has 1 aliphatic rings. The Morgan fingerprint density at radius 3 is 2.88 bits per heavy atom. The van der Waals surface area contributed by atoms with Crippen LogP contribution in [0, 0.1) is 6.92 Å². The fourth-order valence-corrected chi connectivity index (χ4v) is 3.90. The zero-order valence-electron chi connectivity index (χ0n) is 14.8. The van der Waals surface area contributed by atoms with E-state index in [1.54, 1.807) is 7.11 Å². The summed E-state index contributed by atoms with van der Waals surface area (Å²) in [5.74, 6) is 0.948. The molecule has 0 fully saturated rings. The number of nitrogens with zero attached hydrogens (tertiary/aromatic N) is 1. The van der Waals surface area contributed by atoms with Crippen molar-refractivity contribution in [2.24, 2.45) is 0 Å². The highest BCUT2D eigenvalue weighted by Gasteiger charge is 2.31. The minimum Gasteiger partial charge on any atom is -0.497 e. The van der Waals surface area contributed by atoms with Crippen LogP contribution in [0.2, 0.25) is 0 Å². The van der Waals surface area contributed by atoms with Gasteiger partial charge in [-0.15, -0.1) is 0 Å². The molecule has 0 saturated heterocycles. The van der Waals surface area contributed by atoms with Crippen molar-refractivity contribution in [2.75, 3.05) is 12.0 Å². The lowest BCUT2D eigenvalue weighted by Gasteiger charge is -2.23. The lowest BCUT2D eigenvalue weighted by Crippen LogP contribution is -2.36. The zero-order chi connectivity index (χ0) is 17.6. The molecule has 1 aromatic heterocycles. The van der Waals surface area contributed by atoms with Gasteiger partial charge in [0, 0.05) is 28.3 Å². The number of benzene rings is 2. The van der Waals surface area contributed by atoms with Crippen LogP contribution in [-0.4, -0.2) is 24.0 Å². The summed E-state index contributed by atoms with van der Waals surface area (Å²) >= 11 is 0. The van der Waals surface area contributed by atoms with Crippen molar-refractivity contribution in [1.82, 2.24) is 4.98 Å². The smallest absolute Gasteiger partial charge is 0.231 e. The maximum atomic E-state index is 13.1. The van der Waals surface area contributed by atoms with Gasteiger partial charge in [-0.2, -0.15) is 0 Å². The Labute approximate surface area is 147 Å². The van der Waals surface area contributed by atoms with Gasteiger partial charge < -0.3 is 14.6 Å². The number of aromatic nitrogens is 1. The highest BCUT2D eigenvalue weighted by molar-refractivity contribution is 6.00. The van der Waals surface area contributed by atoms with E-state index in [2.05, 4.69) is 18.0 Å². The van der Waals surface area contributed by atoms with Gasteiger partial charge in [-0.3, -0.25) is 4.79 Å². The Morgan fingerprint density at radius 2 is 2.08 bits per heavy atom. The summed E-state index contributed by atoms with van der Waals surface area (Å²) in [4.78, 5) is 18.4. The van der Waals surface area contributed by atoms with Crippen LogP contribution >= 0.6 is 0 Å². The zero-order valence-corrected chi connectivity index (χ0v) is 14.8. The van der Waals surface area contributed by atoms with E-state index >= 15 is 0 Å². The number of aryl methyl sites for hydroxylation is 1. The predicted octanol–water partition coefficient (Wildman–Crippen LogP) is 4.01. The van der Waals surface area contributed by atoms with E-state index < -0.39 is 0 Å². The number of carbonyl (C=O) groups is 1. The van der Waals surface area contributed by atoms with Crippen LogP contribution in [0.4, 0.5) is 5.69 Å². The molecule has 4 nitrogen and oxygen atoms in total. The van der Waals surface area contributed by atoms with Gasteiger partial charge in [0.15, 0.2) is 0 Å². The third-order valence-electron chi connectivity index (χ3n) is 5.13. The summed E-state index contributed by atoms with van der Waals surface area (Å²) in [6.07, 6.45) is 1.31. The molecule has 128 valence electrons. The summed E-state index contributed by atoms with van der Waals surface area (Å²) in [7, 11) is 1.66. The van der Waals surface area contributed by atoms with E-state index in [-0.39, 0.29) is 11.9 Å². The molecule has 1 aliphatic heterocycles. The molecule has 0 spiro atoms. The lowest BCUT2D eigenvalue weighted by atomic mass is 10.1. The van der Waals surface area contributed by atoms with Crippen molar-refractivity contribution >= 4 is 22.5 Å². The second kappa shape index (κ2) is 5.96. The Morgan fingerprint density at radius 1 is 1.28 bits per heavy atom. The molecular formula is C21H22N2O2. The van der Waals surface area contributed by atoms with Gasteiger partial charge in [0.2, 0.25) is 5.91 Å². The van der Waals surface area contributed by atoms with Crippen molar-refractivity contribution in [3.63, 3.8) is 0 Å². The molecule has 1 amide bonds.